The van der Waals surface area contributed by atoms with Gasteiger partial charge in [-0.2, -0.15) is 0 Å². The summed E-state index contributed by atoms with van der Waals surface area (Å²) in [4.78, 5) is 34.5. The van der Waals surface area contributed by atoms with Crippen LogP contribution in [0.1, 0.15) is 29.8 Å². The average Bonchev–Trinajstić information content (AvgIpc) is 2.66. The highest BCUT2D eigenvalue weighted by molar-refractivity contribution is 7.80. The monoisotopic (exact) mass is 412 g/mol. The Bertz CT molecular complexity index is 955. The molecule has 2 aromatic carbocycles. The Labute approximate surface area is 173 Å². The summed E-state index contributed by atoms with van der Waals surface area (Å²) in [5.74, 6) is -0.736. The molecule has 0 unspecified atom stereocenters. The van der Waals surface area contributed by atoms with E-state index in [1.165, 1.54) is 36.4 Å². The van der Waals surface area contributed by atoms with E-state index in [0.29, 0.717) is 16.8 Å². The van der Waals surface area contributed by atoms with Crippen LogP contribution in [0.25, 0.3) is 6.08 Å². The lowest BCUT2D eigenvalue weighted by Crippen LogP contribution is -2.34. The normalized spacial score (nSPS) is 10.6. The molecule has 0 saturated heterocycles. The van der Waals surface area contributed by atoms with Crippen LogP contribution in [0.3, 0.4) is 0 Å². The van der Waals surface area contributed by atoms with Crippen LogP contribution in [0.4, 0.5) is 11.4 Å². The molecule has 0 bridgehead atoms. The molecule has 0 aliphatic heterocycles. The molecule has 150 valence electrons. The number of nitro benzene ring substituents is 1. The van der Waals surface area contributed by atoms with Crippen molar-refractivity contribution in [1.29, 1.82) is 0 Å². The maximum atomic E-state index is 12.3. The van der Waals surface area contributed by atoms with Gasteiger partial charge >= 0.3 is 0 Å². The minimum absolute atomic E-state index is 0.0215. The number of thiocarbonyl (C=S) groups is 1. The molecule has 0 spiro atoms. The summed E-state index contributed by atoms with van der Waals surface area (Å²) in [5, 5.41) is 18.8. The molecule has 2 amide bonds. The molecule has 2 rings (SSSR count). The number of benzene rings is 2. The second kappa shape index (κ2) is 10.1. The molecule has 2 aromatic rings. The first-order chi connectivity index (χ1) is 13.8. The molecule has 0 radical (unpaired) electrons. The number of carbonyl (C=O) groups is 2. The van der Waals surface area contributed by atoms with Crippen molar-refractivity contribution in [2.24, 2.45) is 0 Å². The highest BCUT2D eigenvalue weighted by Gasteiger charge is 2.13. The maximum absolute atomic E-state index is 12.3. The lowest BCUT2D eigenvalue weighted by molar-refractivity contribution is -0.384. The van der Waals surface area contributed by atoms with Crippen LogP contribution < -0.4 is 16.0 Å². The number of rotatable bonds is 6. The predicted molar refractivity (Wildman–Crippen MR) is 116 cm³/mol. The molecular formula is C20H20N4O4S. The Morgan fingerprint density at radius 1 is 1.10 bits per heavy atom. The average molecular weight is 412 g/mol. The molecule has 0 aliphatic carbocycles. The number of nitro groups is 1. The third kappa shape index (κ3) is 6.82. The first-order valence-corrected chi connectivity index (χ1v) is 9.11. The van der Waals surface area contributed by atoms with Crippen molar-refractivity contribution in [3.05, 3.63) is 75.8 Å². The molecule has 8 nitrogen and oxygen atoms in total. The predicted octanol–water partition coefficient (Wildman–Crippen LogP) is 3.26. The van der Waals surface area contributed by atoms with Gasteiger partial charge in [-0.25, -0.2) is 0 Å². The van der Waals surface area contributed by atoms with Gasteiger partial charge in [-0.05, 0) is 62.0 Å². The van der Waals surface area contributed by atoms with Gasteiger partial charge in [0.15, 0.2) is 5.11 Å². The summed E-state index contributed by atoms with van der Waals surface area (Å²) >= 11 is 5.14. The van der Waals surface area contributed by atoms with Gasteiger partial charge in [0.25, 0.3) is 11.6 Å². The number of nitrogens with one attached hydrogen (secondary N) is 3. The van der Waals surface area contributed by atoms with Crippen LogP contribution in [0.5, 0.6) is 0 Å². The van der Waals surface area contributed by atoms with Crippen molar-refractivity contribution >= 4 is 46.6 Å². The largest absolute Gasteiger partial charge is 0.350 e. The number of nitrogens with zero attached hydrogens (tertiary/aromatic N) is 1. The van der Waals surface area contributed by atoms with Crippen LogP contribution in [-0.4, -0.2) is 27.9 Å². The third-order valence-electron chi connectivity index (χ3n) is 3.61. The Morgan fingerprint density at radius 3 is 2.38 bits per heavy atom. The summed E-state index contributed by atoms with van der Waals surface area (Å²) in [6, 6.07) is 12.5. The number of amides is 2. The number of carbonyl (C=O) groups excluding carboxylic acids is 2. The zero-order valence-corrected chi connectivity index (χ0v) is 16.7. The summed E-state index contributed by atoms with van der Waals surface area (Å²) < 4.78 is 0. The smallest absolute Gasteiger partial charge is 0.269 e. The van der Waals surface area contributed by atoms with E-state index in [9.17, 15) is 19.7 Å². The lowest BCUT2D eigenvalue weighted by Gasteiger charge is -2.14. The van der Waals surface area contributed by atoms with Gasteiger partial charge in [0.2, 0.25) is 5.91 Å². The fourth-order valence-corrected chi connectivity index (χ4v) is 2.53. The van der Waals surface area contributed by atoms with Crippen molar-refractivity contribution in [2.75, 3.05) is 5.32 Å². The highest BCUT2D eigenvalue weighted by Crippen LogP contribution is 2.15. The lowest BCUT2D eigenvalue weighted by atomic mass is 10.1. The molecule has 3 N–H and O–H groups in total. The fraction of sp³-hybridized carbons (Fsp3) is 0.150. The van der Waals surface area contributed by atoms with Crippen molar-refractivity contribution in [1.82, 2.24) is 10.6 Å². The van der Waals surface area contributed by atoms with Crippen LogP contribution in [0.2, 0.25) is 0 Å². The maximum Gasteiger partial charge on any atom is 0.269 e. The Morgan fingerprint density at radius 2 is 1.76 bits per heavy atom. The standard InChI is InChI=1S/C20H20N4O4S/c1-13(2)21-19(26)16-5-3-4-6-17(16)22-20(29)23-18(25)12-9-14-7-10-15(11-8-14)24(27)28/h3-13H,1-2H3,(H,21,26)(H2,22,23,25,29)/b12-9+. The zero-order chi connectivity index (χ0) is 21.4. The van der Waals surface area contributed by atoms with Crippen molar-refractivity contribution in [3.63, 3.8) is 0 Å². The SMILES string of the molecule is CC(C)NC(=O)c1ccccc1NC(=S)NC(=O)/C=C/c1ccc([N+](=O)[O-])cc1. The van der Waals surface area contributed by atoms with E-state index in [1.807, 2.05) is 13.8 Å². The van der Waals surface area contributed by atoms with Crippen LogP contribution in [-0.2, 0) is 4.79 Å². The summed E-state index contributed by atoms with van der Waals surface area (Å²) in [7, 11) is 0. The van der Waals surface area contributed by atoms with Crippen LogP contribution >= 0.6 is 12.2 Å². The van der Waals surface area contributed by atoms with Gasteiger partial charge in [-0.15, -0.1) is 0 Å². The van der Waals surface area contributed by atoms with Crippen LogP contribution in [0.15, 0.2) is 54.6 Å². The number of para-hydroxylation sites is 1. The van der Waals surface area contributed by atoms with E-state index in [-0.39, 0.29) is 22.7 Å². The van der Waals surface area contributed by atoms with E-state index in [1.54, 1.807) is 24.3 Å². The molecule has 0 heterocycles. The Balaban J connectivity index is 1.98. The summed E-state index contributed by atoms with van der Waals surface area (Å²) in [6.45, 7) is 3.71. The van der Waals surface area contributed by atoms with E-state index >= 15 is 0 Å². The second-order valence-corrected chi connectivity index (χ2v) is 6.71. The first kappa shape index (κ1) is 21.7. The van der Waals surface area contributed by atoms with E-state index in [4.69, 9.17) is 12.2 Å². The van der Waals surface area contributed by atoms with Crippen molar-refractivity contribution < 1.29 is 14.5 Å². The number of anilines is 1. The Kier molecular flexibility index (Phi) is 7.55. The van der Waals surface area contributed by atoms with Gasteiger partial charge in [0, 0.05) is 24.3 Å². The molecular weight excluding hydrogens is 392 g/mol. The molecule has 0 fully saturated rings. The van der Waals surface area contributed by atoms with Crippen molar-refractivity contribution in [3.8, 4) is 0 Å². The zero-order valence-electron chi connectivity index (χ0n) is 15.8. The molecule has 0 aliphatic rings. The van der Waals surface area contributed by atoms with E-state index < -0.39 is 10.8 Å². The third-order valence-corrected chi connectivity index (χ3v) is 3.81. The summed E-state index contributed by atoms with van der Waals surface area (Å²) in [5.41, 5.74) is 1.46. The van der Waals surface area contributed by atoms with Gasteiger partial charge in [0.1, 0.15) is 0 Å². The summed E-state index contributed by atoms with van der Waals surface area (Å²) in [6.07, 6.45) is 2.76. The number of hydrogen-bond acceptors (Lipinski definition) is 5. The quantitative estimate of drug-likeness (QED) is 0.290. The van der Waals surface area contributed by atoms with Gasteiger partial charge < -0.3 is 10.6 Å². The number of non-ortho nitro benzene ring substituents is 1. The molecule has 0 aromatic heterocycles. The molecule has 0 saturated carbocycles. The molecule has 9 heteroatoms. The highest BCUT2D eigenvalue weighted by atomic mass is 32.1. The van der Waals surface area contributed by atoms with Crippen molar-refractivity contribution in [2.45, 2.75) is 19.9 Å². The molecule has 29 heavy (non-hydrogen) atoms. The second-order valence-electron chi connectivity index (χ2n) is 6.30. The first-order valence-electron chi connectivity index (χ1n) is 8.70. The topological polar surface area (TPSA) is 113 Å². The van der Waals surface area contributed by atoms with Gasteiger partial charge in [0.05, 0.1) is 16.2 Å². The fourth-order valence-electron chi connectivity index (χ4n) is 2.32. The number of hydrogen-bond donors (Lipinski definition) is 3. The van der Waals surface area contributed by atoms with Gasteiger partial charge in [-0.3, -0.25) is 25.0 Å². The van der Waals surface area contributed by atoms with Gasteiger partial charge in [-0.1, -0.05) is 12.1 Å². The van der Waals surface area contributed by atoms with Crippen LogP contribution in [0, 0.1) is 10.1 Å². The van der Waals surface area contributed by atoms with E-state index in [0.717, 1.165) is 0 Å². The molecule has 0 atom stereocenters. The Hall–Kier alpha value is -3.59. The van der Waals surface area contributed by atoms with E-state index in [2.05, 4.69) is 16.0 Å². The minimum atomic E-state index is -0.496. The minimum Gasteiger partial charge on any atom is -0.350 e.